The number of oxazole rings is 1. The van der Waals surface area contributed by atoms with Gasteiger partial charge in [-0.05, 0) is 23.6 Å². The zero-order valence-corrected chi connectivity index (χ0v) is 11.9. The van der Waals surface area contributed by atoms with Crippen molar-refractivity contribution in [2.24, 2.45) is 0 Å². The van der Waals surface area contributed by atoms with Crippen LogP contribution in [0.25, 0.3) is 21.3 Å². The van der Waals surface area contributed by atoms with Crippen molar-refractivity contribution in [1.82, 2.24) is 15.0 Å². The Morgan fingerprint density at radius 1 is 1.15 bits per heavy atom. The molecule has 0 fully saturated rings. The van der Waals surface area contributed by atoms with Crippen LogP contribution in [-0.2, 0) is 5.75 Å². The first-order valence-corrected chi connectivity index (χ1v) is 7.92. The van der Waals surface area contributed by atoms with E-state index < -0.39 is 0 Å². The molecule has 0 spiro atoms. The van der Waals surface area contributed by atoms with E-state index >= 15 is 0 Å². The molecule has 0 aliphatic rings. The Bertz CT molecular complexity index is 851. The molecule has 4 aromatic rings. The second-order valence-corrected chi connectivity index (χ2v) is 6.04. The maximum atomic E-state index is 5.71. The third-order valence-corrected chi connectivity index (χ3v) is 4.71. The summed E-state index contributed by atoms with van der Waals surface area (Å²) >= 11 is 3.25. The van der Waals surface area contributed by atoms with E-state index in [1.807, 2.05) is 35.7 Å². The lowest BCUT2D eigenvalue weighted by atomic mass is 10.3. The summed E-state index contributed by atoms with van der Waals surface area (Å²) in [5.41, 5.74) is 1.72. The minimum absolute atomic E-state index is 0.663. The van der Waals surface area contributed by atoms with Crippen molar-refractivity contribution in [2.75, 3.05) is 0 Å². The molecule has 4 rings (SSSR count). The van der Waals surface area contributed by atoms with Crippen molar-refractivity contribution >= 4 is 44.4 Å². The molecule has 0 unspecified atom stereocenters. The molecule has 0 aliphatic heterocycles. The van der Waals surface area contributed by atoms with Gasteiger partial charge in [0.05, 0.1) is 5.75 Å². The van der Waals surface area contributed by atoms with E-state index in [9.17, 15) is 0 Å². The molecule has 0 radical (unpaired) electrons. The van der Waals surface area contributed by atoms with Crippen molar-refractivity contribution < 1.29 is 4.42 Å². The van der Waals surface area contributed by atoms with E-state index in [4.69, 9.17) is 4.42 Å². The van der Waals surface area contributed by atoms with Gasteiger partial charge in [0.2, 0.25) is 5.89 Å². The zero-order valence-electron chi connectivity index (χ0n) is 10.3. The van der Waals surface area contributed by atoms with Gasteiger partial charge in [0.15, 0.2) is 5.58 Å². The van der Waals surface area contributed by atoms with Crippen LogP contribution in [0.4, 0.5) is 0 Å². The SMILES string of the molecule is c1ccc2oc(CSc3ncnc4sccc34)nc2c1. The Labute approximate surface area is 122 Å². The van der Waals surface area contributed by atoms with Gasteiger partial charge < -0.3 is 4.42 Å². The van der Waals surface area contributed by atoms with E-state index in [0.29, 0.717) is 5.75 Å². The number of para-hydroxylation sites is 2. The van der Waals surface area contributed by atoms with Crippen molar-refractivity contribution in [3.8, 4) is 0 Å². The molecule has 0 N–H and O–H groups in total. The molecule has 0 atom stereocenters. The first kappa shape index (κ1) is 11.9. The van der Waals surface area contributed by atoms with Crippen LogP contribution in [0.2, 0.25) is 0 Å². The molecule has 4 nitrogen and oxygen atoms in total. The number of hydrogen-bond acceptors (Lipinski definition) is 6. The van der Waals surface area contributed by atoms with Gasteiger partial charge in [0.1, 0.15) is 21.7 Å². The van der Waals surface area contributed by atoms with Crippen LogP contribution in [0.15, 0.2) is 51.5 Å². The Hall–Kier alpha value is -1.92. The van der Waals surface area contributed by atoms with Gasteiger partial charge in [-0.3, -0.25) is 0 Å². The fraction of sp³-hybridized carbons (Fsp3) is 0.0714. The molecule has 98 valence electrons. The molecule has 0 saturated carbocycles. The first-order valence-electron chi connectivity index (χ1n) is 6.05. The van der Waals surface area contributed by atoms with Gasteiger partial charge in [0, 0.05) is 5.39 Å². The highest BCUT2D eigenvalue weighted by molar-refractivity contribution is 7.98. The summed E-state index contributed by atoms with van der Waals surface area (Å²) in [6, 6.07) is 9.84. The highest BCUT2D eigenvalue weighted by Gasteiger charge is 2.09. The monoisotopic (exact) mass is 299 g/mol. The van der Waals surface area contributed by atoms with Crippen molar-refractivity contribution in [2.45, 2.75) is 10.8 Å². The summed E-state index contributed by atoms with van der Waals surface area (Å²) in [5, 5.41) is 4.10. The number of thioether (sulfide) groups is 1. The Balaban J connectivity index is 1.62. The fourth-order valence-corrected chi connectivity index (χ4v) is 3.62. The average molecular weight is 299 g/mol. The van der Waals surface area contributed by atoms with Crippen LogP contribution in [0.1, 0.15) is 5.89 Å². The fourth-order valence-electron chi connectivity index (χ4n) is 1.99. The lowest BCUT2D eigenvalue weighted by molar-refractivity contribution is 0.556. The molecular weight excluding hydrogens is 290 g/mol. The standard InChI is InChI=1S/C14H9N3OS2/c1-2-4-11-10(3-1)17-12(18-11)7-20-14-9-5-6-19-13(9)15-8-16-14/h1-6,8H,7H2. The van der Waals surface area contributed by atoms with Crippen molar-refractivity contribution in [1.29, 1.82) is 0 Å². The number of rotatable bonds is 3. The molecule has 3 aromatic heterocycles. The van der Waals surface area contributed by atoms with Gasteiger partial charge in [-0.15, -0.1) is 11.3 Å². The van der Waals surface area contributed by atoms with E-state index in [1.54, 1.807) is 29.4 Å². The number of fused-ring (bicyclic) bond motifs is 2. The highest BCUT2D eigenvalue weighted by Crippen LogP contribution is 2.30. The summed E-state index contributed by atoms with van der Waals surface area (Å²) in [6.07, 6.45) is 1.60. The minimum Gasteiger partial charge on any atom is -0.440 e. The summed E-state index contributed by atoms with van der Waals surface area (Å²) < 4.78 is 5.71. The highest BCUT2D eigenvalue weighted by atomic mass is 32.2. The Morgan fingerprint density at radius 2 is 2.10 bits per heavy atom. The molecule has 0 saturated heterocycles. The van der Waals surface area contributed by atoms with Crippen LogP contribution in [-0.4, -0.2) is 15.0 Å². The lowest BCUT2D eigenvalue weighted by Gasteiger charge is -1.98. The predicted octanol–water partition coefficient (Wildman–Crippen LogP) is 4.12. The zero-order chi connectivity index (χ0) is 13.4. The van der Waals surface area contributed by atoms with Gasteiger partial charge in [0.25, 0.3) is 0 Å². The minimum atomic E-state index is 0.663. The number of hydrogen-bond donors (Lipinski definition) is 0. The van der Waals surface area contributed by atoms with Crippen LogP contribution < -0.4 is 0 Å². The van der Waals surface area contributed by atoms with E-state index in [1.165, 1.54) is 0 Å². The number of aromatic nitrogens is 3. The number of benzene rings is 1. The van der Waals surface area contributed by atoms with Crippen LogP contribution in [0, 0.1) is 0 Å². The van der Waals surface area contributed by atoms with Crippen molar-refractivity contribution in [3.63, 3.8) is 0 Å². The summed E-state index contributed by atoms with van der Waals surface area (Å²) in [5.74, 6) is 1.38. The third-order valence-electron chi connectivity index (χ3n) is 2.90. The summed E-state index contributed by atoms with van der Waals surface area (Å²) in [6.45, 7) is 0. The summed E-state index contributed by atoms with van der Waals surface area (Å²) in [7, 11) is 0. The maximum absolute atomic E-state index is 5.71. The normalized spacial score (nSPS) is 11.4. The van der Waals surface area contributed by atoms with E-state index in [2.05, 4.69) is 15.0 Å². The average Bonchev–Trinajstić information content (AvgIpc) is 3.11. The smallest absolute Gasteiger partial charge is 0.205 e. The van der Waals surface area contributed by atoms with E-state index in [0.717, 1.165) is 32.2 Å². The van der Waals surface area contributed by atoms with Crippen LogP contribution >= 0.6 is 23.1 Å². The molecule has 0 aliphatic carbocycles. The first-order chi connectivity index (χ1) is 9.90. The second kappa shape index (κ2) is 4.88. The Morgan fingerprint density at radius 3 is 3.05 bits per heavy atom. The number of thiophene rings is 1. The Kier molecular flexibility index (Phi) is 2.90. The lowest BCUT2D eigenvalue weighted by Crippen LogP contribution is -1.85. The van der Waals surface area contributed by atoms with Gasteiger partial charge >= 0.3 is 0 Å². The van der Waals surface area contributed by atoms with Gasteiger partial charge in [-0.25, -0.2) is 15.0 Å². The molecule has 6 heteroatoms. The molecule has 20 heavy (non-hydrogen) atoms. The molecular formula is C14H9N3OS2. The topological polar surface area (TPSA) is 51.8 Å². The third kappa shape index (κ3) is 2.07. The molecule has 0 bridgehead atoms. The summed E-state index contributed by atoms with van der Waals surface area (Å²) in [4.78, 5) is 14.1. The largest absolute Gasteiger partial charge is 0.440 e. The molecule has 0 amide bonds. The molecule has 1 aromatic carbocycles. The molecule has 3 heterocycles. The van der Waals surface area contributed by atoms with E-state index in [-0.39, 0.29) is 0 Å². The maximum Gasteiger partial charge on any atom is 0.205 e. The second-order valence-electron chi connectivity index (χ2n) is 4.18. The van der Waals surface area contributed by atoms with Gasteiger partial charge in [-0.2, -0.15) is 0 Å². The quantitative estimate of drug-likeness (QED) is 0.420. The van der Waals surface area contributed by atoms with Crippen LogP contribution in [0.3, 0.4) is 0 Å². The van der Waals surface area contributed by atoms with Crippen molar-refractivity contribution in [3.05, 3.63) is 47.9 Å². The van der Waals surface area contributed by atoms with Crippen LogP contribution in [0.5, 0.6) is 0 Å². The van der Waals surface area contributed by atoms with Gasteiger partial charge in [-0.1, -0.05) is 23.9 Å². The predicted molar refractivity (Wildman–Crippen MR) is 81.0 cm³/mol. The number of nitrogens with zero attached hydrogens (tertiary/aromatic N) is 3.